The van der Waals surface area contributed by atoms with E-state index in [1.54, 1.807) is 0 Å². The molecule has 0 spiro atoms. The predicted molar refractivity (Wildman–Crippen MR) is 119 cm³/mol. The third-order valence-electron chi connectivity index (χ3n) is 6.09. The van der Waals surface area contributed by atoms with Gasteiger partial charge in [-0.3, -0.25) is 24.6 Å². The van der Waals surface area contributed by atoms with Gasteiger partial charge in [0.1, 0.15) is 0 Å². The number of nitrogens with zero attached hydrogens (tertiary/aromatic N) is 2. The highest BCUT2D eigenvalue weighted by molar-refractivity contribution is 6.34. The zero-order valence-electron chi connectivity index (χ0n) is 17.6. The third-order valence-corrected chi connectivity index (χ3v) is 6.39. The fourth-order valence-corrected chi connectivity index (χ4v) is 4.99. The Morgan fingerprint density at radius 3 is 2.48 bits per heavy atom. The predicted octanol–water partition coefficient (Wildman–Crippen LogP) is 5.72. The molecule has 160 valence electrons. The van der Waals surface area contributed by atoms with Gasteiger partial charge in [-0.2, -0.15) is 0 Å². The van der Waals surface area contributed by atoms with Crippen LogP contribution in [0.15, 0.2) is 53.7 Å². The number of nitro benzene ring substituents is 1. The van der Waals surface area contributed by atoms with E-state index in [0.717, 1.165) is 11.1 Å². The summed E-state index contributed by atoms with van der Waals surface area (Å²) < 4.78 is 0. The summed E-state index contributed by atoms with van der Waals surface area (Å²) in [6.45, 7) is 6.00. The summed E-state index contributed by atoms with van der Waals surface area (Å²) in [6, 6.07) is 11.9. The van der Waals surface area contributed by atoms with E-state index < -0.39 is 4.92 Å². The smallest absolute Gasteiger partial charge is 0.271 e. The molecule has 1 heterocycles. The standard InChI is InChI=1S/C24H23ClN2O4/c1-14-6-4-5-7-16(14)17-11-22(29)26(19-9-8-15(27(30)31)10-18(19)25)20-12-24(2,3)13-21(28)23(17)20/h4-10,17H,11-13H2,1-3H3. The molecule has 2 aliphatic rings. The van der Waals surface area contributed by atoms with Gasteiger partial charge in [0.2, 0.25) is 5.91 Å². The van der Waals surface area contributed by atoms with Crippen molar-refractivity contribution in [3.63, 3.8) is 0 Å². The average Bonchev–Trinajstić information content (AvgIpc) is 2.67. The second-order valence-electron chi connectivity index (χ2n) is 9.04. The Kier molecular flexibility index (Phi) is 5.21. The van der Waals surface area contributed by atoms with Gasteiger partial charge in [-0.25, -0.2) is 0 Å². The molecule has 1 amide bonds. The van der Waals surface area contributed by atoms with Crippen LogP contribution in [0.25, 0.3) is 0 Å². The lowest BCUT2D eigenvalue weighted by molar-refractivity contribution is -0.384. The number of hydrogen-bond acceptors (Lipinski definition) is 4. The number of hydrogen-bond donors (Lipinski definition) is 0. The topological polar surface area (TPSA) is 80.5 Å². The SMILES string of the molecule is Cc1ccccc1C1CC(=O)N(c2ccc([N+](=O)[O-])cc2Cl)C2=C1C(=O)CC(C)(C)C2. The van der Waals surface area contributed by atoms with Crippen LogP contribution in [-0.2, 0) is 9.59 Å². The van der Waals surface area contributed by atoms with Crippen LogP contribution >= 0.6 is 11.6 Å². The van der Waals surface area contributed by atoms with Crippen molar-refractivity contribution in [3.8, 4) is 0 Å². The number of rotatable bonds is 3. The molecule has 1 aliphatic carbocycles. The van der Waals surface area contributed by atoms with E-state index >= 15 is 0 Å². The number of benzene rings is 2. The molecule has 0 N–H and O–H groups in total. The van der Waals surface area contributed by atoms with Crippen molar-refractivity contribution < 1.29 is 14.5 Å². The highest BCUT2D eigenvalue weighted by Gasteiger charge is 2.45. The maximum Gasteiger partial charge on any atom is 0.271 e. The Morgan fingerprint density at radius 1 is 1.13 bits per heavy atom. The molecule has 0 radical (unpaired) electrons. The van der Waals surface area contributed by atoms with Crippen LogP contribution in [0.5, 0.6) is 0 Å². The number of ketones is 1. The molecule has 0 bridgehead atoms. The van der Waals surface area contributed by atoms with Crippen molar-refractivity contribution in [1.29, 1.82) is 0 Å². The number of carbonyl (C=O) groups excluding carboxylic acids is 2. The number of anilines is 1. The van der Waals surface area contributed by atoms with E-state index in [1.807, 2.05) is 45.0 Å². The minimum atomic E-state index is -0.528. The quantitative estimate of drug-likeness (QED) is 0.453. The summed E-state index contributed by atoms with van der Waals surface area (Å²) in [7, 11) is 0. The molecule has 7 heteroatoms. The van der Waals surface area contributed by atoms with E-state index in [4.69, 9.17) is 11.6 Å². The lowest BCUT2D eigenvalue weighted by atomic mass is 9.69. The van der Waals surface area contributed by atoms with Gasteiger partial charge in [0, 0.05) is 42.2 Å². The summed E-state index contributed by atoms with van der Waals surface area (Å²) in [5.41, 5.74) is 3.24. The molecule has 0 aromatic heterocycles. The highest BCUT2D eigenvalue weighted by atomic mass is 35.5. The molecule has 2 aromatic carbocycles. The number of nitro groups is 1. The van der Waals surface area contributed by atoms with Crippen LogP contribution in [0.2, 0.25) is 5.02 Å². The number of non-ortho nitro benzene ring substituents is 1. The fraction of sp³-hybridized carbons (Fsp3) is 0.333. The van der Waals surface area contributed by atoms with Gasteiger partial charge in [-0.1, -0.05) is 49.7 Å². The summed E-state index contributed by atoms with van der Waals surface area (Å²) in [4.78, 5) is 38.8. The van der Waals surface area contributed by atoms with Crippen LogP contribution in [0.1, 0.15) is 50.2 Å². The van der Waals surface area contributed by atoms with Crippen molar-refractivity contribution in [2.75, 3.05) is 4.90 Å². The second kappa shape index (κ2) is 7.61. The monoisotopic (exact) mass is 438 g/mol. The van der Waals surface area contributed by atoms with Crippen molar-refractivity contribution in [2.24, 2.45) is 5.41 Å². The molecule has 2 aromatic rings. The van der Waals surface area contributed by atoms with Crippen molar-refractivity contribution in [3.05, 3.63) is 80.0 Å². The molecular weight excluding hydrogens is 416 g/mol. The molecule has 6 nitrogen and oxygen atoms in total. The molecule has 1 atom stereocenters. The summed E-state index contributed by atoms with van der Waals surface area (Å²) in [6.07, 6.45) is 1.09. The summed E-state index contributed by atoms with van der Waals surface area (Å²) in [5, 5.41) is 11.2. The van der Waals surface area contributed by atoms with Gasteiger partial charge in [0.15, 0.2) is 5.78 Å². The Balaban J connectivity index is 1.92. The minimum Gasteiger partial charge on any atom is -0.294 e. The van der Waals surface area contributed by atoms with Crippen molar-refractivity contribution >= 4 is 34.7 Å². The van der Waals surface area contributed by atoms with E-state index in [-0.39, 0.29) is 40.2 Å². The maximum absolute atomic E-state index is 13.4. The highest BCUT2D eigenvalue weighted by Crippen LogP contribution is 2.49. The molecule has 4 rings (SSSR count). The van der Waals surface area contributed by atoms with Crippen LogP contribution < -0.4 is 4.90 Å². The molecule has 31 heavy (non-hydrogen) atoms. The Hall–Kier alpha value is -2.99. The van der Waals surface area contributed by atoms with Gasteiger partial charge in [-0.15, -0.1) is 0 Å². The largest absolute Gasteiger partial charge is 0.294 e. The normalized spacial score (nSPS) is 20.6. The van der Waals surface area contributed by atoms with Gasteiger partial charge in [0.25, 0.3) is 5.69 Å². The molecule has 0 saturated carbocycles. The molecular formula is C24H23ClN2O4. The summed E-state index contributed by atoms with van der Waals surface area (Å²) >= 11 is 6.38. The lowest BCUT2D eigenvalue weighted by Crippen LogP contribution is -2.44. The van der Waals surface area contributed by atoms with Crippen LogP contribution in [0.3, 0.4) is 0 Å². The van der Waals surface area contributed by atoms with Gasteiger partial charge in [0.05, 0.1) is 15.6 Å². The Morgan fingerprint density at radius 2 is 1.84 bits per heavy atom. The number of amides is 1. The van der Waals surface area contributed by atoms with Crippen LogP contribution in [0.4, 0.5) is 11.4 Å². The molecule has 1 unspecified atom stereocenters. The number of aryl methyl sites for hydroxylation is 1. The number of Topliss-reactive ketones (excluding diaryl/α,β-unsaturated/α-hetero) is 1. The fourth-order valence-electron chi connectivity index (χ4n) is 4.73. The van der Waals surface area contributed by atoms with Crippen LogP contribution in [0, 0.1) is 22.5 Å². The third kappa shape index (κ3) is 3.76. The Labute approximate surface area is 185 Å². The first-order chi connectivity index (χ1) is 14.6. The number of halogens is 1. The minimum absolute atomic E-state index is 0.0371. The second-order valence-corrected chi connectivity index (χ2v) is 9.44. The maximum atomic E-state index is 13.4. The van der Waals surface area contributed by atoms with Crippen molar-refractivity contribution in [2.45, 2.75) is 46.0 Å². The van der Waals surface area contributed by atoms with Gasteiger partial charge in [-0.05, 0) is 36.0 Å². The van der Waals surface area contributed by atoms with Crippen LogP contribution in [-0.4, -0.2) is 16.6 Å². The Bertz CT molecular complexity index is 1150. The first kappa shape index (κ1) is 21.2. The average molecular weight is 439 g/mol. The zero-order valence-corrected chi connectivity index (χ0v) is 18.4. The van der Waals surface area contributed by atoms with E-state index in [0.29, 0.717) is 29.8 Å². The zero-order chi connectivity index (χ0) is 22.5. The van der Waals surface area contributed by atoms with E-state index in [1.165, 1.54) is 23.1 Å². The van der Waals surface area contributed by atoms with E-state index in [9.17, 15) is 19.7 Å². The molecule has 0 saturated heterocycles. The first-order valence-corrected chi connectivity index (χ1v) is 10.6. The summed E-state index contributed by atoms with van der Waals surface area (Å²) in [5.74, 6) is -0.441. The first-order valence-electron chi connectivity index (χ1n) is 10.2. The lowest BCUT2D eigenvalue weighted by Gasteiger charge is -2.43. The van der Waals surface area contributed by atoms with E-state index in [2.05, 4.69) is 0 Å². The molecule has 0 fully saturated rings. The number of allylic oxidation sites excluding steroid dienone is 2. The van der Waals surface area contributed by atoms with Gasteiger partial charge < -0.3 is 0 Å². The molecule has 1 aliphatic heterocycles. The van der Waals surface area contributed by atoms with Gasteiger partial charge >= 0.3 is 0 Å². The van der Waals surface area contributed by atoms with Crippen molar-refractivity contribution in [1.82, 2.24) is 0 Å². The number of carbonyl (C=O) groups is 2.